The van der Waals surface area contributed by atoms with Crippen molar-refractivity contribution in [2.24, 2.45) is 5.92 Å². The van der Waals surface area contributed by atoms with Crippen molar-refractivity contribution in [3.05, 3.63) is 65.0 Å². The molecule has 0 aliphatic carbocycles. The van der Waals surface area contributed by atoms with Crippen molar-refractivity contribution in [3.8, 4) is 11.4 Å². The number of nitrogens with zero attached hydrogens (tertiary/aromatic N) is 4. The molecule has 1 aromatic heterocycles. The first-order valence-corrected chi connectivity index (χ1v) is 12.5. The van der Waals surface area contributed by atoms with Gasteiger partial charge in [-0.2, -0.15) is 9.29 Å². The van der Waals surface area contributed by atoms with Crippen molar-refractivity contribution in [1.29, 1.82) is 0 Å². The van der Waals surface area contributed by atoms with E-state index in [2.05, 4.69) is 26.1 Å². The van der Waals surface area contributed by atoms with Crippen LogP contribution in [0.25, 0.3) is 11.4 Å². The van der Waals surface area contributed by atoms with E-state index in [1.807, 2.05) is 24.3 Å². The second kappa shape index (κ2) is 9.51. The quantitative estimate of drug-likeness (QED) is 0.494. The highest BCUT2D eigenvalue weighted by Gasteiger charge is 2.33. The molecule has 2 aromatic carbocycles. The van der Waals surface area contributed by atoms with Crippen molar-refractivity contribution >= 4 is 31.9 Å². The van der Waals surface area contributed by atoms with E-state index in [0.29, 0.717) is 37.6 Å². The average molecular weight is 519 g/mol. The Balaban J connectivity index is 1.35. The minimum absolute atomic E-state index is 0.0519. The number of rotatable bonds is 6. The van der Waals surface area contributed by atoms with E-state index in [0.717, 1.165) is 10.0 Å². The van der Waals surface area contributed by atoms with Crippen molar-refractivity contribution < 1.29 is 17.7 Å². The first kappa shape index (κ1) is 22.6. The fourth-order valence-electron chi connectivity index (χ4n) is 3.74. The smallest absolute Gasteiger partial charge is 0.246 e. The lowest BCUT2D eigenvalue weighted by atomic mass is 9.97. The topological polar surface area (TPSA) is 96.6 Å². The summed E-state index contributed by atoms with van der Waals surface area (Å²) in [6.45, 7) is 0.826. The molecule has 3 aromatic rings. The van der Waals surface area contributed by atoms with Crippen LogP contribution in [0.2, 0.25) is 0 Å². The largest absolute Gasteiger partial charge is 0.337 e. The minimum Gasteiger partial charge on any atom is -0.337 e. The van der Waals surface area contributed by atoms with E-state index >= 15 is 0 Å². The lowest BCUT2D eigenvalue weighted by molar-refractivity contribution is -0.136. The third-order valence-corrected chi connectivity index (χ3v) is 7.89. The first-order valence-electron chi connectivity index (χ1n) is 10.2. The van der Waals surface area contributed by atoms with Gasteiger partial charge in [0, 0.05) is 36.1 Å². The molecular weight excluding hydrogens is 496 g/mol. The van der Waals surface area contributed by atoms with Crippen LogP contribution in [0.15, 0.2) is 68.5 Å². The molecule has 1 fully saturated rings. The maximum atomic E-state index is 12.9. The van der Waals surface area contributed by atoms with Gasteiger partial charge in [-0.15, -0.1) is 0 Å². The van der Waals surface area contributed by atoms with Crippen molar-refractivity contribution in [2.75, 3.05) is 20.1 Å². The zero-order chi connectivity index (χ0) is 22.7. The summed E-state index contributed by atoms with van der Waals surface area (Å²) in [7, 11) is -1.84. The highest BCUT2D eigenvalue weighted by molar-refractivity contribution is 9.10. The van der Waals surface area contributed by atoms with Crippen LogP contribution in [0.3, 0.4) is 0 Å². The Morgan fingerprint density at radius 1 is 1.16 bits per heavy atom. The van der Waals surface area contributed by atoms with E-state index in [4.69, 9.17) is 4.52 Å². The van der Waals surface area contributed by atoms with Gasteiger partial charge in [-0.05, 0) is 37.1 Å². The number of aromatic nitrogens is 2. The number of sulfonamides is 1. The molecule has 0 unspecified atom stereocenters. The fourth-order valence-corrected chi connectivity index (χ4v) is 5.63. The Labute approximate surface area is 195 Å². The molecule has 1 aliphatic rings. The van der Waals surface area contributed by atoms with Crippen molar-refractivity contribution in [3.63, 3.8) is 0 Å². The van der Waals surface area contributed by atoms with Crippen LogP contribution in [0.1, 0.15) is 18.7 Å². The van der Waals surface area contributed by atoms with E-state index < -0.39 is 10.0 Å². The van der Waals surface area contributed by atoms with Crippen molar-refractivity contribution in [1.82, 2.24) is 19.3 Å². The molecule has 0 atom stereocenters. The van der Waals surface area contributed by atoms with Crippen LogP contribution >= 0.6 is 15.9 Å². The maximum absolute atomic E-state index is 12.9. The minimum atomic E-state index is -3.53. The average Bonchev–Trinajstić information content (AvgIpc) is 3.28. The summed E-state index contributed by atoms with van der Waals surface area (Å²) >= 11 is 3.42. The number of halogens is 1. The molecule has 2 heterocycles. The van der Waals surface area contributed by atoms with Gasteiger partial charge in [-0.25, -0.2) is 8.42 Å². The highest BCUT2D eigenvalue weighted by atomic mass is 79.9. The lowest BCUT2D eigenvalue weighted by Crippen LogP contribution is -2.43. The standard InChI is InChI=1S/C22H23BrN4O4S/c1-26(15-20-24-21(25-31-20)17-6-5-7-18(23)14-17)22(28)16-10-12-27(13-11-16)32(29,30)19-8-3-2-4-9-19/h2-9,14,16H,10-13,15H2,1H3. The summed E-state index contributed by atoms with van der Waals surface area (Å²) in [5.74, 6) is 0.514. The van der Waals surface area contributed by atoms with Crippen LogP contribution < -0.4 is 0 Å². The summed E-state index contributed by atoms with van der Waals surface area (Å²) in [6.07, 6.45) is 0.949. The molecule has 1 aliphatic heterocycles. The monoisotopic (exact) mass is 518 g/mol. The predicted molar refractivity (Wildman–Crippen MR) is 122 cm³/mol. The van der Waals surface area contributed by atoms with Gasteiger partial charge >= 0.3 is 0 Å². The second-order valence-corrected chi connectivity index (χ2v) is 10.6. The fraction of sp³-hybridized carbons (Fsp3) is 0.318. The van der Waals surface area contributed by atoms with Gasteiger partial charge in [0.05, 0.1) is 11.4 Å². The number of benzene rings is 2. The van der Waals surface area contributed by atoms with Gasteiger partial charge in [-0.3, -0.25) is 4.79 Å². The van der Waals surface area contributed by atoms with E-state index in [1.165, 1.54) is 4.31 Å². The molecule has 0 N–H and O–H groups in total. The van der Waals surface area contributed by atoms with Crippen molar-refractivity contribution in [2.45, 2.75) is 24.3 Å². The SMILES string of the molecule is CN(Cc1nc(-c2cccc(Br)c2)no1)C(=O)C1CCN(S(=O)(=O)c2ccccc2)CC1. The van der Waals surface area contributed by atoms with Crippen LogP contribution in [0.4, 0.5) is 0 Å². The molecule has 4 rings (SSSR count). The van der Waals surface area contributed by atoms with E-state index in [9.17, 15) is 13.2 Å². The maximum Gasteiger partial charge on any atom is 0.246 e. The molecular formula is C22H23BrN4O4S. The molecule has 8 nitrogen and oxygen atoms in total. The normalized spacial score (nSPS) is 15.6. The lowest BCUT2D eigenvalue weighted by Gasteiger charge is -2.32. The third-order valence-electron chi connectivity index (χ3n) is 5.48. The molecule has 1 saturated heterocycles. The number of hydrogen-bond donors (Lipinski definition) is 0. The number of carbonyl (C=O) groups excluding carboxylic acids is 1. The van der Waals surface area contributed by atoms with Crippen LogP contribution in [-0.4, -0.2) is 53.8 Å². The molecule has 1 amide bonds. The molecule has 0 spiro atoms. The molecule has 0 bridgehead atoms. The summed E-state index contributed by atoms with van der Waals surface area (Å²) in [5.41, 5.74) is 0.815. The number of piperidine rings is 1. The van der Waals surface area contributed by atoms with Gasteiger partial charge < -0.3 is 9.42 Å². The van der Waals surface area contributed by atoms with Gasteiger partial charge in [0.15, 0.2) is 0 Å². The third kappa shape index (κ3) is 4.92. The van der Waals surface area contributed by atoms with Gasteiger partial charge in [-0.1, -0.05) is 51.4 Å². The summed E-state index contributed by atoms with van der Waals surface area (Å²) in [6, 6.07) is 15.9. The van der Waals surface area contributed by atoms with Crippen LogP contribution in [0.5, 0.6) is 0 Å². The van der Waals surface area contributed by atoms with Gasteiger partial charge in [0.25, 0.3) is 0 Å². The molecule has 10 heteroatoms. The zero-order valence-corrected chi connectivity index (χ0v) is 19.9. The van der Waals surface area contributed by atoms with Gasteiger partial charge in [0.2, 0.25) is 27.6 Å². The second-order valence-electron chi connectivity index (χ2n) is 7.71. The molecule has 0 saturated carbocycles. The zero-order valence-electron chi connectivity index (χ0n) is 17.5. The number of hydrogen-bond acceptors (Lipinski definition) is 6. The predicted octanol–water partition coefficient (Wildman–Crippen LogP) is 3.56. The van der Waals surface area contributed by atoms with Gasteiger partial charge in [0.1, 0.15) is 0 Å². The Hall–Kier alpha value is -2.56. The molecule has 32 heavy (non-hydrogen) atoms. The summed E-state index contributed by atoms with van der Waals surface area (Å²) in [5, 5.41) is 4.00. The Bertz CT molecular complexity index is 1190. The Kier molecular flexibility index (Phi) is 6.73. The highest BCUT2D eigenvalue weighted by Crippen LogP contribution is 2.26. The summed E-state index contributed by atoms with van der Waals surface area (Å²) in [4.78, 5) is 19.1. The summed E-state index contributed by atoms with van der Waals surface area (Å²) < 4.78 is 33.2. The van der Waals surface area contributed by atoms with Crippen LogP contribution in [0, 0.1) is 5.92 Å². The van der Waals surface area contributed by atoms with E-state index in [1.54, 1.807) is 42.3 Å². The van der Waals surface area contributed by atoms with Crippen LogP contribution in [-0.2, 0) is 21.4 Å². The van der Waals surface area contributed by atoms with E-state index in [-0.39, 0.29) is 23.3 Å². The number of carbonyl (C=O) groups is 1. The Morgan fingerprint density at radius 3 is 2.56 bits per heavy atom. The number of amides is 1. The molecule has 0 radical (unpaired) electrons. The molecule has 168 valence electrons. The Morgan fingerprint density at radius 2 is 1.88 bits per heavy atom. The first-order chi connectivity index (χ1) is 15.3.